The van der Waals surface area contributed by atoms with Gasteiger partial charge in [0.05, 0.1) is 26.7 Å². The zero-order chi connectivity index (χ0) is 23.8. The molecule has 2 amide bonds. The van der Waals surface area contributed by atoms with Gasteiger partial charge in [0, 0.05) is 19.3 Å². The van der Waals surface area contributed by atoms with Crippen LogP contribution in [0.2, 0.25) is 0 Å². The normalized spacial score (nSPS) is 23.8. The maximum Gasteiger partial charge on any atom is 0.323 e. The van der Waals surface area contributed by atoms with Gasteiger partial charge in [0.2, 0.25) is 0 Å². The second kappa shape index (κ2) is 8.84. The Morgan fingerprint density at radius 3 is 2.12 bits per heavy atom. The van der Waals surface area contributed by atoms with Crippen molar-refractivity contribution in [3.05, 3.63) is 107 Å². The fraction of sp³-hybridized carbons (Fsp3) is 0.321. The van der Waals surface area contributed by atoms with Crippen molar-refractivity contribution >= 4 is 6.03 Å². The van der Waals surface area contributed by atoms with Gasteiger partial charge in [-0.25, -0.2) is 13.6 Å². The van der Waals surface area contributed by atoms with E-state index in [1.54, 1.807) is 24.3 Å². The Morgan fingerprint density at radius 1 is 0.941 bits per heavy atom. The molecule has 0 aromatic heterocycles. The molecule has 0 spiro atoms. The molecule has 2 atom stereocenters. The molecule has 6 heteroatoms. The third-order valence-electron chi connectivity index (χ3n) is 7.63. The first-order chi connectivity index (χ1) is 16.4. The van der Waals surface area contributed by atoms with Crippen LogP contribution in [0.1, 0.15) is 29.5 Å². The minimum Gasteiger partial charge on any atom is -0.322 e. The zero-order valence-corrected chi connectivity index (χ0v) is 19.4. The number of nitrogens with one attached hydrogen (secondary N) is 1. The number of nitrogens with zero attached hydrogens (tertiary/aromatic N) is 2. The fourth-order valence-electron chi connectivity index (χ4n) is 5.70. The Labute approximate surface area is 199 Å². The van der Waals surface area contributed by atoms with Crippen molar-refractivity contribution in [2.24, 2.45) is 0 Å². The van der Waals surface area contributed by atoms with E-state index in [2.05, 4.69) is 36.6 Å². The quantitative estimate of drug-likeness (QED) is 0.512. The summed E-state index contributed by atoms with van der Waals surface area (Å²) in [6, 6.07) is 22.8. The number of halogens is 2. The fourth-order valence-corrected chi connectivity index (χ4v) is 5.70. The van der Waals surface area contributed by atoms with E-state index in [1.807, 2.05) is 11.0 Å². The molecule has 2 fully saturated rings. The molecule has 3 aromatic rings. The second-order valence-corrected chi connectivity index (χ2v) is 9.76. The number of likely N-dealkylation sites (N-methyl/N-ethyl adjacent to an activating group) is 1. The largest absolute Gasteiger partial charge is 0.323 e. The number of quaternary nitrogens is 1. The van der Waals surface area contributed by atoms with Crippen LogP contribution in [0.25, 0.3) is 0 Å². The van der Waals surface area contributed by atoms with E-state index >= 15 is 0 Å². The van der Waals surface area contributed by atoms with Crippen LogP contribution in [-0.4, -0.2) is 48.3 Å². The van der Waals surface area contributed by atoms with E-state index < -0.39 is 5.54 Å². The van der Waals surface area contributed by atoms with Crippen molar-refractivity contribution in [3.8, 4) is 0 Å². The number of rotatable bonds is 6. The molecular formula is C28H30F2N3O+. The highest BCUT2D eigenvalue weighted by molar-refractivity contribution is 5.80. The summed E-state index contributed by atoms with van der Waals surface area (Å²) in [5.41, 5.74) is 2.00. The third-order valence-corrected chi connectivity index (χ3v) is 7.63. The molecule has 4 nitrogen and oxygen atoms in total. The molecule has 2 aliphatic rings. The molecule has 0 radical (unpaired) electrons. The predicted octanol–water partition coefficient (Wildman–Crippen LogP) is 5.04. The maximum atomic E-state index is 13.7. The highest BCUT2D eigenvalue weighted by Gasteiger charge is 2.53. The lowest BCUT2D eigenvalue weighted by Gasteiger charge is -2.40. The van der Waals surface area contributed by atoms with Gasteiger partial charge in [-0.15, -0.1) is 0 Å². The Morgan fingerprint density at radius 2 is 1.53 bits per heavy atom. The number of urea groups is 1. The van der Waals surface area contributed by atoms with E-state index in [0.717, 1.165) is 48.0 Å². The Hall–Kier alpha value is -3.25. The van der Waals surface area contributed by atoms with Crippen molar-refractivity contribution in [1.29, 1.82) is 0 Å². The SMILES string of the molecule is C[N+]1(CCc2ccccc2)CCCC1N1CC(c2ccc(F)cc2)(c2ccc(F)cc2)NC1=O. The number of amides is 2. The smallest absolute Gasteiger partial charge is 0.322 e. The molecule has 1 N–H and O–H groups in total. The molecule has 176 valence electrons. The lowest BCUT2D eigenvalue weighted by Crippen LogP contribution is -2.57. The summed E-state index contributed by atoms with van der Waals surface area (Å²) in [6.07, 6.45) is 2.98. The third kappa shape index (κ3) is 4.07. The van der Waals surface area contributed by atoms with Crippen molar-refractivity contribution in [2.45, 2.75) is 31.0 Å². The number of hydrogen-bond acceptors (Lipinski definition) is 1. The van der Waals surface area contributed by atoms with E-state index in [-0.39, 0.29) is 23.8 Å². The number of likely N-dealkylation sites (tertiary alicyclic amines) is 1. The number of carbonyl (C=O) groups excluding carboxylic acids is 1. The molecule has 5 rings (SSSR count). The molecule has 2 saturated heterocycles. The number of benzene rings is 3. The van der Waals surface area contributed by atoms with E-state index in [4.69, 9.17) is 0 Å². The van der Waals surface area contributed by atoms with Gasteiger partial charge in [-0.1, -0.05) is 54.6 Å². The molecule has 34 heavy (non-hydrogen) atoms. The van der Waals surface area contributed by atoms with Gasteiger partial charge in [-0.3, -0.25) is 4.90 Å². The van der Waals surface area contributed by atoms with E-state index in [1.165, 1.54) is 29.8 Å². The van der Waals surface area contributed by atoms with Gasteiger partial charge in [0.15, 0.2) is 6.17 Å². The lowest BCUT2D eigenvalue weighted by molar-refractivity contribution is -0.930. The molecule has 2 unspecified atom stereocenters. The van der Waals surface area contributed by atoms with Crippen LogP contribution < -0.4 is 5.32 Å². The van der Waals surface area contributed by atoms with Crippen LogP contribution in [0.15, 0.2) is 78.9 Å². The number of carbonyl (C=O) groups is 1. The van der Waals surface area contributed by atoms with Crippen LogP contribution in [-0.2, 0) is 12.0 Å². The lowest BCUT2D eigenvalue weighted by atomic mass is 9.83. The van der Waals surface area contributed by atoms with Gasteiger partial charge in [0.25, 0.3) is 0 Å². The summed E-state index contributed by atoms with van der Waals surface area (Å²) in [5, 5.41) is 3.21. The first-order valence-electron chi connectivity index (χ1n) is 11.9. The van der Waals surface area contributed by atoms with Gasteiger partial charge in [0.1, 0.15) is 17.2 Å². The molecule has 0 saturated carbocycles. The minimum atomic E-state index is -0.870. The molecule has 2 aliphatic heterocycles. The summed E-state index contributed by atoms with van der Waals surface area (Å²) < 4.78 is 28.3. The number of hydrogen-bond donors (Lipinski definition) is 1. The average Bonchev–Trinajstić information content (AvgIpc) is 3.40. The maximum absolute atomic E-state index is 13.7. The van der Waals surface area contributed by atoms with E-state index in [9.17, 15) is 13.6 Å². The van der Waals surface area contributed by atoms with Crippen LogP contribution in [0.3, 0.4) is 0 Å². The predicted molar refractivity (Wildman–Crippen MR) is 128 cm³/mol. The summed E-state index contributed by atoms with van der Waals surface area (Å²) >= 11 is 0. The average molecular weight is 463 g/mol. The first kappa shape index (κ1) is 22.5. The van der Waals surface area contributed by atoms with Crippen LogP contribution in [0, 0.1) is 11.6 Å². The van der Waals surface area contributed by atoms with Gasteiger partial charge in [-0.2, -0.15) is 0 Å². The van der Waals surface area contributed by atoms with Crippen LogP contribution in [0.4, 0.5) is 13.6 Å². The molecule has 0 aliphatic carbocycles. The van der Waals surface area contributed by atoms with Crippen molar-refractivity contribution in [1.82, 2.24) is 10.2 Å². The monoisotopic (exact) mass is 462 g/mol. The molecule has 0 bridgehead atoms. The molecular weight excluding hydrogens is 432 g/mol. The van der Waals surface area contributed by atoms with Crippen molar-refractivity contribution < 1.29 is 18.1 Å². The van der Waals surface area contributed by atoms with Gasteiger partial charge in [-0.05, 0) is 41.0 Å². The van der Waals surface area contributed by atoms with Crippen molar-refractivity contribution in [3.63, 3.8) is 0 Å². The van der Waals surface area contributed by atoms with Crippen LogP contribution in [0.5, 0.6) is 0 Å². The Balaban J connectivity index is 1.46. The standard InChI is InChI=1S/C28H29F2N3O/c1-33(19-17-21-6-3-2-4-7-21)18-5-8-26(33)32-20-28(31-27(32)34,22-9-13-24(29)14-10-22)23-11-15-25(30)16-12-23/h2-4,6-7,9-16,26H,5,8,17-20H2,1H3/p+1. The highest BCUT2D eigenvalue weighted by atomic mass is 19.1. The summed E-state index contributed by atoms with van der Waals surface area (Å²) in [7, 11) is 2.24. The Kier molecular flexibility index (Phi) is 5.86. The highest BCUT2D eigenvalue weighted by Crippen LogP contribution is 2.39. The minimum absolute atomic E-state index is 0.0477. The van der Waals surface area contributed by atoms with Gasteiger partial charge < -0.3 is 9.80 Å². The van der Waals surface area contributed by atoms with Crippen LogP contribution >= 0.6 is 0 Å². The molecule has 2 heterocycles. The van der Waals surface area contributed by atoms with Gasteiger partial charge >= 0.3 is 6.03 Å². The summed E-state index contributed by atoms with van der Waals surface area (Å²) in [6.45, 7) is 2.37. The summed E-state index contributed by atoms with van der Waals surface area (Å²) in [5.74, 6) is -0.666. The van der Waals surface area contributed by atoms with E-state index in [0.29, 0.717) is 6.54 Å². The molecule has 3 aromatic carbocycles. The zero-order valence-electron chi connectivity index (χ0n) is 19.4. The Bertz CT molecular complexity index is 1110. The topological polar surface area (TPSA) is 32.3 Å². The second-order valence-electron chi connectivity index (χ2n) is 9.76. The first-order valence-corrected chi connectivity index (χ1v) is 11.9. The summed E-state index contributed by atoms with van der Waals surface area (Å²) in [4.78, 5) is 15.4. The van der Waals surface area contributed by atoms with Crippen molar-refractivity contribution in [2.75, 3.05) is 26.7 Å².